The maximum atomic E-state index is 11.3. The van der Waals surface area contributed by atoms with Gasteiger partial charge in [0.05, 0.1) is 5.76 Å². The predicted octanol–water partition coefficient (Wildman–Crippen LogP) is 4.93. The first-order chi connectivity index (χ1) is 11.5. The highest BCUT2D eigenvalue weighted by Crippen LogP contribution is 2.65. The lowest BCUT2D eigenvalue weighted by Crippen LogP contribution is -2.53. The van der Waals surface area contributed by atoms with Gasteiger partial charge in [-0.25, -0.2) is 0 Å². The molecule has 0 radical (unpaired) electrons. The molecule has 2 nitrogen and oxygen atoms in total. The van der Waals surface area contributed by atoms with Gasteiger partial charge in [-0.1, -0.05) is 18.9 Å². The molecule has 4 aliphatic rings. The van der Waals surface area contributed by atoms with Gasteiger partial charge >= 0.3 is 0 Å². The molecule has 6 atom stereocenters. The molecule has 4 aliphatic carbocycles. The molecule has 24 heavy (non-hydrogen) atoms. The van der Waals surface area contributed by atoms with Gasteiger partial charge in [-0.05, 0) is 91.9 Å². The van der Waals surface area contributed by atoms with Gasteiger partial charge in [0.25, 0.3) is 0 Å². The smallest absolute Gasteiger partial charge is 0.132 e. The van der Waals surface area contributed by atoms with E-state index >= 15 is 0 Å². The van der Waals surface area contributed by atoms with Gasteiger partial charge in [0.1, 0.15) is 5.60 Å². The Bertz CT molecular complexity index is 654. The van der Waals surface area contributed by atoms with Gasteiger partial charge in [-0.2, -0.15) is 0 Å². The number of halogens is 1. The van der Waals surface area contributed by atoms with Crippen molar-refractivity contribution in [3.8, 4) is 11.3 Å². The summed E-state index contributed by atoms with van der Waals surface area (Å²) in [6.07, 6.45) is 12.4. The van der Waals surface area contributed by atoms with Crippen molar-refractivity contribution in [3.63, 3.8) is 0 Å². The zero-order valence-corrected chi connectivity index (χ0v) is 15.1. The summed E-state index contributed by atoms with van der Waals surface area (Å²) in [4.78, 5) is 0. The van der Waals surface area contributed by atoms with Crippen LogP contribution in [-0.2, 0) is 0 Å². The van der Waals surface area contributed by atoms with Crippen LogP contribution < -0.4 is 0 Å². The van der Waals surface area contributed by atoms with Gasteiger partial charge in [0.15, 0.2) is 0 Å². The molecule has 0 amide bonds. The van der Waals surface area contributed by atoms with Crippen LogP contribution in [0.25, 0.3) is 0 Å². The van der Waals surface area contributed by atoms with E-state index in [1.807, 2.05) is 6.08 Å². The normalized spacial score (nSPS) is 46.6. The quantitative estimate of drug-likeness (QED) is 0.661. The summed E-state index contributed by atoms with van der Waals surface area (Å²) in [5, 5.41) is 23.6. The fourth-order valence-corrected chi connectivity index (χ4v) is 6.93. The standard InChI is InChI=1S/C21H27ClO2/c1-2-20-9-7-17-16-6-4-15(23)13-14(16)3-5-18(17)19(20)8-10-21(20,24)11-12-22/h3,13,16-19,23-24H,2,4-10H2,1H3/t16-,17+,18+,19-,20-,21+/m0/s1. The highest BCUT2D eigenvalue weighted by molar-refractivity contribution is 6.30. The molecule has 0 saturated heterocycles. The number of fused-ring (bicyclic) bond motifs is 5. The van der Waals surface area contributed by atoms with E-state index in [9.17, 15) is 10.2 Å². The highest BCUT2D eigenvalue weighted by atomic mass is 35.5. The van der Waals surface area contributed by atoms with Crippen LogP contribution in [-0.4, -0.2) is 15.8 Å². The molecule has 130 valence electrons. The van der Waals surface area contributed by atoms with E-state index in [1.165, 1.54) is 5.57 Å². The lowest BCUT2D eigenvalue weighted by Gasteiger charge is -2.55. The van der Waals surface area contributed by atoms with Gasteiger partial charge in [0.2, 0.25) is 0 Å². The molecular weight excluding hydrogens is 320 g/mol. The number of allylic oxidation sites excluding steroid dienone is 4. The van der Waals surface area contributed by atoms with E-state index in [-0.39, 0.29) is 5.41 Å². The highest BCUT2D eigenvalue weighted by Gasteiger charge is 2.63. The lowest BCUT2D eigenvalue weighted by molar-refractivity contribution is -0.0945. The lowest BCUT2D eigenvalue weighted by atomic mass is 9.50. The summed E-state index contributed by atoms with van der Waals surface area (Å²) in [5.41, 5.74) is 0.361. The van der Waals surface area contributed by atoms with Crippen LogP contribution in [0.3, 0.4) is 0 Å². The second-order valence-corrected chi connectivity index (χ2v) is 8.51. The Kier molecular flexibility index (Phi) is 4.01. The molecule has 0 bridgehead atoms. The van der Waals surface area contributed by atoms with Crippen LogP contribution in [0, 0.1) is 40.4 Å². The maximum Gasteiger partial charge on any atom is 0.132 e. The van der Waals surface area contributed by atoms with Crippen LogP contribution in [0.4, 0.5) is 0 Å². The van der Waals surface area contributed by atoms with Crippen molar-refractivity contribution in [2.45, 2.75) is 63.9 Å². The molecule has 0 aromatic heterocycles. The van der Waals surface area contributed by atoms with Crippen LogP contribution in [0.15, 0.2) is 23.5 Å². The SMILES string of the molecule is CC[C@]12CC[C@H]3[C@@H](CC=C4C=C(O)CC[C@@H]43)[C@@H]1CC[C@@]2(O)C#CCl. The minimum atomic E-state index is -0.909. The van der Waals surface area contributed by atoms with Crippen LogP contribution in [0.5, 0.6) is 0 Å². The Morgan fingerprint density at radius 1 is 1.25 bits per heavy atom. The van der Waals surface area contributed by atoms with Gasteiger partial charge in [-0.3, -0.25) is 0 Å². The van der Waals surface area contributed by atoms with Crippen LogP contribution in [0.1, 0.15) is 58.3 Å². The average Bonchev–Trinajstić information content (AvgIpc) is 2.88. The average molecular weight is 347 g/mol. The van der Waals surface area contributed by atoms with Crippen molar-refractivity contribution >= 4 is 11.6 Å². The predicted molar refractivity (Wildman–Crippen MR) is 96.4 cm³/mol. The zero-order chi connectivity index (χ0) is 16.9. The third kappa shape index (κ3) is 2.14. The van der Waals surface area contributed by atoms with Crippen molar-refractivity contribution in [2.24, 2.45) is 29.1 Å². The van der Waals surface area contributed by atoms with E-state index in [4.69, 9.17) is 11.6 Å². The maximum absolute atomic E-state index is 11.3. The molecule has 0 aliphatic heterocycles. The molecular formula is C21H27ClO2. The summed E-state index contributed by atoms with van der Waals surface area (Å²) in [6, 6.07) is 0. The molecule has 0 aromatic rings. The topological polar surface area (TPSA) is 40.5 Å². The van der Waals surface area contributed by atoms with Crippen molar-refractivity contribution in [2.75, 3.05) is 0 Å². The number of aliphatic hydroxyl groups is 2. The van der Waals surface area contributed by atoms with E-state index in [0.29, 0.717) is 29.4 Å². The Morgan fingerprint density at radius 2 is 2.08 bits per heavy atom. The van der Waals surface area contributed by atoms with Gasteiger partial charge in [0, 0.05) is 17.2 Å². The van der Waals surface area contributed by atoms with Crippen molar-refractivity contribution in [3.05, 3.63) is 23.5 Å². The summed E-state index contributed by atoms with van der Waals surface area (Å²) < 4.78 is 0. The fourth-order valence-electron chi connectivity index (χ4n) is 6.77. The largest absolute Gasteiger partial charge is 0.512 e. The first kappa shape index (κ1) is 16.6. The van der Waals surface area contributed by atoms with Crippen LogP contribution in [0.2, 0.25) is 0 Å². The zero-order valence-electron chi connectivity index (χ0n) is 14.4. The molecule has 0 heterocycles. The Labute approximate surface area is 150 Å². The molecule has 0 aromatic carbocycles. The number of hydrogen-bond donors (Lipinski definition) is 2. The van der Waals surface area contributed by atoms with Gasteiger partial charge < -0.3 is 10.2 Å². The molecule has 0 unspecified atom stereocenters. The number of hydrogen-bond acceptors (Lipinski definition) is 2. The first-order valence-corrected chi connectivity index (χ1v) is 9.87. The van der Waals surface area contributed by atoms with Gasteiger partial charge in [-0.15, -0.1) is 0 Å². The number of aliphatic hydroxyl groups excluding tert-OH is 1. The summed E-state index contributed by atoms with van der Waals surface area (Å²) in [6.45, 7) is 2.21. The summed E-state index contributed by atoms with van der Waals surface area (Å²) in [7, 11) is 0. The minimum absolute atomic E-state index is 0.0892. The monoisotopic (exact) mass is 346 g/mol. The minimum Gasteiger partial charge on any atom is -0.512 e. The third-order valence-electron chi connectivity index (χ3n) is 7.84. The summed E-state index contributed by atoms with van der Waals surface area (Å²) in [5.74, 6) is 6.01. The molecule has 2 fully saturated rings. The summed E-state index contributed by atoms with van der Waals surface area (Å²) >= 11 is 5.70. The van der Waals surface area contributed by atoms with Crippen molar-refractivity contribution < 1.29 is 10.2 Å². The molecule has 2 saturated carbocycles. The number of rotatable bonds is 1. The molecule has 2 N–H and O–H groups in total. The second kappa shape index (κ2) is 5.82. The van der Waals surface area contributed by atoms with E-state index in [0.717, 1.165) is 51.4 Å². The fraction of sp³-hybridized carbons (Fsp3) is 0.714. The molecule has 3 heteroatoms. The van der Waals surface area contributed by atoms with Crippen LogP contribution >= 0.6 is 11.6 Å². The first-order valence-electron chi connectivity index (χ1n) is 9.49. The van der Waals surface area contributed by atoms with E-state index in [1.54, 1.807) is 0 Å². The van der Waals surface area contributed by atoms with Crippen molar-refractivity contribution in [1.29, 1.82) is 0 Å². The third-order valence-corrected chi connectivity index (χ3v) is 7.94. The Morgan fingerprint density at radius 3 is 2.83 bits per heavy atom. The van der Waals surface area contributed by atoms with E-state index in [2.05, 4.69) is 24.3 Å². The molecule has 4 rings (SSSR count). The van der Waals surface area contributed by atoms with E-state index < -0.39 is 5.60 Å². The second-order valence-electron chi connectivity index (χ2n) is 8.32. The van der Waals surface area contributed by atoms with Crippen molar-refractivity contribution in [1.82, 2.24) is 0 Å². The molecule has 0 spiro atoms. The Hall–Kier alpha value is -0.910. The Balaban J connectivity index is 1.69.